The van der Waals surface area contributed by atoms with Crippen LogP contribution in [0.2, 0.25) is 0 Å². The van der Waals surface area contributed by atoms with Gasteiger partial charge in [-0.3, -0.25) is 0 Å². The average molecular weight is 208 g/mol. The molecule has 1 atom stereocenters. The van der Waals surface area contributed by atoms with Crippen LogP contribution >= 0.6 is 0 Å². The summed E-state index contributed by atoms with van der Waals surface area (Å²) in [4.78, 5) is 0. The molecule has 13 heavy (non-hydrogen) atoms. The predicted octanol–water partition coefficient (Wildman–Crippen LogP) is 0.573. The number of ether oxygens (including phenoxy) is 2. The molecule has 0 aliphatic carbocycles. The molecule has 0 saturated carbocycles. The third-order valence-electron chi connectivity index (χ3n) is 2.34. The second-order valence-electron chi connectivity index (χ2n) is 3.13. The van der Waals surface area contributed by atoms with Crippen LogP contribution < -0.4 is 0 Å². The van der Waals surface area contributed by atoms with Crippen molar-refractivity contribution in [3.63, 3.8) is 0 Å². The van der Waals surface area contributed by atoms with Crippen molar-refractivity contribution in [2.45, 2.75) is 31.8 Å². The molecule has 0 aromatic carbocycles. The van der Waals surface area contributed by atoms with Gasteiger partial charge in [-0.25, -0.2) is 8.42 Å². The zero-order valence-electron chi connectivity index (χ0n) is 8.24. The predicted molar refractivity (Wildman–Crippen MR) is 49.2 cm³/mol. The SMILES string of the molecule is CCOC1(OCC)CS(=O)(=O)C1C. The molecule has 0 radical (unpaired) electrons. The van der Waals surface area contributed by atoms with Crippen molar-refractivity contribution >= 4 is 9.84 Å². The largest absolute Gasteiger partial charge is 0.348 e. The summed E-state index contributed by atoms with van der Waals surface area (Å²) in [5.74, 6) is -0.884. The summed E-state index contributed by atoms with van der Waals surface area (Å²) in [6.45, 7) is 6.24. The number of hydrogen-bond donors (Lipinski definition) is 0. The van der Waals surface area contributed by atoms with Crippen molar-refractivity contribution in [1.29, 1.82) is 0 Å². The van der Waals surface area contributed by atoms with E-state index in [1.165, 1.54) is 0 Å². The number of sulfone groups is 1. The fourth-order valence-corrected chi connectivity index (χ4v) is 3.24. The van der Waals surface area contributed by atoms with Gasteiger partial charge in [0, 0.05) is 13.2 Å². The van der Waals surface area contributed by atoms with Crippen molar-refractivity contribution < 1.29 is 17.9 Å². The molecular weight excluding hydrogens is 192 g/mol. The van der Waals surface area contributed by atoms with E-state index in [1.807, 2.05) is 13.8 Å². The van der Waals surface area contributed by atoms with Crippen molar-refractivity contribution in [1.82, 2.24) is 0 Å². The first-order chi connectivity index (χ1) is 5.98. The minimum atomic E-state index is -2.96. The Balaban J connectivity index is 2.74. The Kier molecular flexibility index (Phi) is 2.99. The number of rotatable bonds is 4. The van der Waals surface area contributed by atoms with Crippen LogP contribution in [-0.4, -0.2) is 38.4 Å². The van der Waals surface area contributed by atoms with Crippen LogP contribution in [0, 0.1) is 0 Å². The molecule has 1 unspecified atom stereocenters. The summed E-state index contributed by atoms with van der Waals surface area (Å²) in [7, 11) is -2.96. The average Bonchev–Trinajstić information content (AvgIpc) is 2.04. The van der Waals surface area contributed by atoms with Crippen LogP contribution in [0.4, 0.5) is 0 Å². The molecule has 0 spiro atoms. The zero-order valence-corrected chi connectivity index (χ0v) is 9.06. The molecule has 1 fully saturated rings. The lowest BCUT2D eigenvalue weighted by Crippen LogP contribution is -2.64. The monoisotopic (exact) mass is 208 g/mol. The first-order valence-electron chi connectivity index (χ1n) is 4.48. The highest BCUT2D eigenvalue weighted by atomic mass is 32.2. The van der Waals surface area contributed by atoms with Gasteiger partial charge < -0.3 is 9.47 Å². The fraction of sp³-hybridized carbons (Fsp3) is 1.00. The van der Waals surface area contributed by atoms with Crippen LogP contribution in [-0.2, 0) is 19.3 Å². The van der Waals surface area contributed by atoms with Gasteiger partial charge in [0.2, 0.25) is 0 Å². The van der Waals surface area contributed by atoms with E-state index in [-0.39, 0.29) is 5.75 Å². The van der Waals surface area contributed by atoms with Crippen molar-refractivity contribution in [3.05, 3.63) is 0 Å². The molecule has 0 bridgehead atoms. The maximum atomic E-state index is 11.2. The molecule has 1 saturated heterocycles. The quantitative estimate of drug-likeness (QED) is 0.634. The highest BCUT2D eigenvalue weighted by Crippen LogP contribution is 2.36. The van der Waals surface area contributed by atoms with E-state index in [9.17, 15) is 8.42 Å². The molecule has 1 aliphatic rings. The lowest BCUT2D eigenvalue weighted by atomic mass is 10.2. The Bertz CT molecular complexity index is 264. The van der Waals surface area contributed by atoms with Gasteiger partial charge in [-0.2, -0.15) is 0 Å². The maximum Gasteiger partial charge on any atom is 0.198 e. The summed E-state index contributed by atoms with van der Waals surface area (Å²) >= 11 is 0. The molecule has 1 rings (SSSR count). The Labute approximate surface area is 79.1 Å². The highest BCUT2D eigenvalue weighted by Gasteiger charge is 2.58. The molecule has 0 aromatic rings. The molecule has 78 valence electrons. The first-order valence-corrected chi connectivity index (χ1v) is 6.19. The third-order valence-corrected chi connectivity index (χ3v) is 4.58. The number of hydrogen-bond acceptors (Lipinski definition) is 4. The van der Waals surface area contributed by atoms with Gasteiger partial charge in [-0.05, 0) is 20.8 Å². The van der Waals surface area contributed by atoms with Crippen molar-refractivity contribution in [2.75, 3.05) is 19.0 Å². The second-order valence-corrected chi connectivity index (χ2v) is 5.45. The standard InChI is InChI=1S/C8H16O4S/c1-4-11-8(12-5-2)6-13(9,10)7(8)3/h7H,4-6H2,1-3H3. The molecule has 4 nitrogen and oxygen atoms in total. The normalized spacial score (nSPS) is 29.6. The van der Waals surface area contributed by atoms with E-state index in [4.69, 9.17) is 9.47 Å². The van der Waals surface area contributed by atoms with Gasteiger partial charge >= 0.3 is 0 Å². The fourth-order valence-electron chi connectivity index (χ4n) is 1.55. The molecule has 5 heteroatoms. The van der Waals surface area contributed by atoms with E-state index < -0.39 is 20.9 Å². The van der Waals surface area contributed by atoms with E-state index >= 15 is 0 Å². The molecule has 0 amide bonds. The van der Waals surface area contributed by atoms with Gasteiger partial charge in [0.25, 0.3) is 0 Å². The minimum Gasteiger partial charge on any atom is -0.348 e. The van der Waals surface area contributed by atoms with Crippen molar-refractivity contribution in [3.8, 4) is 0 Å². The summed E-state index contributed by atoms with van der Waals surface area (Å²) in [6, 6.07) is 0. The van der Waals surface area contributed by atoms with Crippen LogP contribution in [0.5, 0.6) is 0 Å². The Morgan fingerprint density at radius 2 is 1.77 bits per heavy atom. The Morgan fingerprint density at radius 3 is 2.00 bits per heavy atom. The molecule has 0 aromatic heterocycles. The van der Waals surface area contributed by atoms with Crippen LogP contribution in [0.25, 0.3) is 0 Å². The molecule has 0 N–H and O–H groups in total. The highest BCUT2D eigenvalue weighted by molar-refractivity contribution is 7.93. The summed E-state index contributed by atoms with van der Waals surface area (Å²) in [5, 5.41) is -0.542. The van der Waals surface area contributed by atoms with Gasteiger partial charge in [0.05, 0.1) is 0 Å². The van der Waals surface area contributed by atoms with E-state index in [0.717, 1.165) is 0 Å². The molecule has 1 aliphatic heterocycles. The van der Waals surface area contributed by atoms with Gasteiger partial charge in [0.1, 0.15) is 11.0 Å². The lowest BCUT2D eigenvalue weighted by molar-refractivity contribution is -0.226. The summed E-state index contributed by atoms with van der Waals surface area (Å²) in [5.41, 5.74) is 0. The maximum absolute atomic E-state index is 11.2. The molecule has 1 heterocycles. The van der Waals surface area contributed by atoms with Crippen LogP contribution in [0.1, 0.15) is 20.8 Å². The summed E-state index contributed by atoms with van der Waals surface area (Å²) in [6.07, 6.45) is 0. The van der Waals surface area contributed by atoms with E-state index in [0.29, 0.717) is 13.2 Å². The van der Waals surface area contributed by atoms with Crippen LogP contribution in [0.3, 0.4) is 0 Å². The summed E-state index contributed by atoms with van der Waals surface area (Å²) < 4.78 is 33.2. The second kappa shape index (κ2) is 3.55. The Hall–Kier alpha value is -0.130. The smallest absolute Gasteiger partial charge is 0.198 e. The third kappa shape index (κ3) is 1.73. The lowest BCUT2D eigenvalue weighted by Gasteiger charge is -2.45. The van der Waals surface area contributed by atoms with Gasteiger partial charge in [-0.15, -0.1) is 0 Å². The van der Waals surface area contributed by atoms with Gasteiger partial charge in [0.15, 0.2) is 15.6 Å². The van der Waals surface area contributed by atoms with Gasteiger partial charge in [-0.1, -0.05) is 0 Å². The van der Waals surface area contributed by atoms with E-state index in [2.05, 4.69) is 0 Å². The van der Waals surface area contributed by atoms with E-state index in [1.54, 1.807) is 6.92 Å². The van der Waals surface area contributed by atoms with Crippen LogP contribution in [0.15, 0.2) is 0 Å². The Morgan fingerprint density at radius 1 is 1.31 bits per heavy atom. The van der Waals surface area contributed by atoms with Crippen molar-refractivity contribution in [2.24, 2.45) is 0 Å². The zero-order chi connectivity index (χ0) is 10.1. The molecular formula is C8H16O4S. The first kappa shape index (κ1) is 10.9. The minimum absolute atomic E-state index is 0.0111. The topological polar surface area (TPSA) is 52.6 Å².